The van der Waals surface area contributed by atoms with Crippen molar-refractivity contribution in [2.45, 2.75) is 45.4 Å². The Bertz CT molecular complexity index is 540. The maximum Gasteiger partial charge on any atom is 0.513 e. The van der Waals surface area contributed by atoms with Gasteiger partial charge >= 0.3 is 12.1 Å². The van der Waals surface area contributed by atoms with Crippen molar-refractivity contribution in [3.63, 3.8) is 0 Å². The first-order valence-corrected chi connectivity index (χ1v) is 8.27. The predicted molar refractivity (Wildman–Crippen MR) is 85.4 cm³/mol. The van der Waals surface area contributed by atoms with Crippen molar-refractivity contribution in [2.24, 2.45) is 5.92 Å². The van der Waals surface area contributed by atoms with Gasteiger partial charge in [-0.15, -0.1) is 0 Å². The Morgan fingerprint density at radius 2 is 1.74 bits per heavy atom. The summed E-state index contributed by atoms with van der Waals surface area (Å²) in [6.07, 6.45) is 3.03. The Hall–Kier alpha value is -2.04. The smallest absolute Gasteiger partial charge is 0.466 e. The van der Waals surface area contributed by atoms with Gasteiger partial charge in [-0.3, -0.25) is 4.79 Å². The highest BCUT2D eigenvalue weighted by atomic mass is 16.7. The van der Waals surface area contributed by atoms with E-state index in [1.165, 1.54) is 0 Å². The number of rotatable bonds is 5. The summed E-state index contributed by atoms with van der Waals surface area (Å²) in [5.74, 6) is 0.124. The van der Waals surface area contributed by atoms with Crippen LogP contribution < -0.4 is 4.74 Å². The molecule has 0 bridgehead atoms. The van der Waals surface area contributed by atoms with Gasteiger partial charge in [-0.25, -0.2) is 4.79 Å². The Labute approximate surface area is 136 Å². The molecule has 0 amide bonds. The zero-order valence-corrected chi connectivity index (χ0v) is 13.7. The van der Waals surface area contributed by atoms with Gasteiger partial charge in [0.2, 0.25) is 0 Å². The van der Waals surface area contributed by atoms with Crippen LogP contribution in [-0.2, 0) is 14.3 Å². The van der Waals surface area contributed by atoms with E-state index < -0.39 is 6.16 Å². The number of benzene rings is 1. The van der Waals surface area contributed by atoms with E-state index in [1.54, 1.807) is 19.1 Å². The average Bonchev–Trinajstić information content (AvgIpc) is 2.56. The van der Waals surface area contributed by atoms with Gasteiger partial charge in [0.1, 0.15) is 5.75 Å². The second-order valence-electron chi connectivity index (χ2n) is 5.57. The molecular formula is C18H24O5. The van der Waals surface area contributed by atoms with Gasteiger partial charge in [0.25, 0.3) is 0 Å². The Morgan fingerprint density at radius 3 is 2.48 bits per heavy atom. The molecule has 1 aliphatic rings. The zero-order chi connectivity index (χ0) is 16.7. The summed E-state index contributed by atoms with van der Waals surface area (Å²) in [6.45, 7) is 4.18. The Balaban J connectivity index is 2.24. The lowest BCUT2D eigenvalue weighted by Gasteiger charge is -2.31. The van der Waals surface area contributed by atoms with Gasteiger partial charge < -0.3 is 14.2 Å². The molecule has 0 N–H and O–H groups in total. The second-order valence-corrected chi connectivity index (χ2v) is 5.57. The zero-order valence-electron chi connectivity index (χ0n) is 13.7. The van der Waals surface area contributed by atoms with Crippen LogP contribution in [0.3, 0.4) is 0 Å². The molecule has 2 atom stereocenters. The fraction of sp³-hybridized carbons (Fsp3) is 0.556. The first-order chi connectivity index (χ1) is 11.2. The molecule has 0 saturated heterocycles. The van der Waals surface area contributed by atoms with E-state index in [-0.39, 0.29) is 24.4 Å². The molecule has 1 fully saturated rings. The van der Waals surface area contributed by atoms with Crippen LogP contribution in [0.4, 0.5) is 4.79 Å². The van der Waals surface area contributed by atoms with Crippen LogP contribution in [0.5, 0.6) is 5.75 Å². The number of carbonyl (C=O) groups is 2. The van der Waals surface area contributed by atoms with Crippen molar-refractivity contribution in [3.8, 4) is 5.75 Å². The minimum Gasteiger partial charge on any atom is -0.466 e. The highest BCUT2D eigenvalue weighted by molar-refractivity contribution is 5.74. The number of esters is 1. The van der Waals surface area contributed by atoms with Crippen LogP contribution in [0.2, 0.25) is 0 Å². The van der Waals surface area contributed by atoms with Crippen LogP contribution in [0.25, 0.3) is 0 Å². The van der Waals surface area contributed by atoms with E-state index >= 15 is 0 Å². The molecular weight excluding hydrogens is 296 g/mol. The molecule has 23 heavy (non-hydrogen) atoms. The van der Waals surface area contributed by atoms with E-state index in [0.717, 1.165) is 31.2 Å². The lowest BCUT2D eigenvalue weighted by atomic mass is 9.75. The monoisotopic (exact) mass is 320 g/mol. The second kappa shape index (κ2) is 8.56. The molecule has 0 radical (unpaired) electrons. The van der Waals surface area contributed by atoms with Crippen LogP contribution in [0.1, 0.15) is 51.0 Å². The fourth-order valence-electron chi connectivity index (χ4n) is 3.15. The summed E-state index contributed by atoms with van der Waals surface area (Å²) in [5, 5.41) is 0. The van der Waals surface area contributed by atoms with E-state index in [9.17, 15) is 9.59 Å². The fourth-order valence-corrected chi connectivity index (χ4v) is 3.15. The number of hydrogen-bond acceptors (Lipinski definition) is 5. The SMILES string of the molecule is CCOC(=O)Oc1ccccc1C1CCCCC1C(=O)OCC. The Morgan fingerprint density at radius 1 is 1.04 bits per heavy atom. The summed E-state index contributed by atoms with van der Waals surface area (Å²) in [5.41, 5.74) is 0.873. The molecule has 2 unspecified atom stereocenters. The third-order valence-corrected chi connectivity index (χ3v) is 4.13. The van der Waals surface area contributed by atoms with Gasteiger partial charge in [0, 0.05) is 5.92 Å². The van der Waals surface area contributed by atoms with Crippen LogP contribution in [0.15, 0.2) is 24.3 Å². The molecule has 1 aromatic rings. The maximum absolute atomic E-state index is 12.3. The minimum absolute atomic E-state index is 0.00780. The average molecular weight is 320 g/mol. The third kappa shape index (κ3) is 4.47. The van der Waals surface area contributed by atoms with Gasteiger partial charge in [0.05, 0.1) is 19.1 Å². The van der Waals surface area contributed by atoms with Crippen LogP contribution in [-0.4, -0.2) is 25.3 Å². The maximum atomic E-state index is 12.3. The van der Waals surface area contributed by atoms with Gasteiger partial charge in [-0.2, -0.15) is 0 Å². The van der Waals surface area contributed by atoms with E-state index in [2.05, 4.69) is 0 Å². The van der Waals surface area contributed by atoms with Crippen molar-refractivity contribution in [3.05, 3.63) is 29.8 Å². The summed E-state index contributed by atoms with van der Waals surface area (Å²) in [4.78, 5) is 23.9. The van der Waals surface area contributed by atoms with Crippen molar-refractivity contribution in [2.75, 3.05) is 13.2 Å². The molecule has 0 heterocycles. The van der Waals surface area contributed by atoms with Crippen molar-refractivity contribution < 1.29 is 23.8 Å². The normalized spacial score (nSPS) is 20.6. The van der Waals surface area contributed by atoms with Gasteiger partial charge in [-0.1, -0.05) is 31.0 Å². The predicted octanol–water partition coefficient (Wildman–Crippen LogP) is 4.06. The third-order valence-electron chi connectivity index (χ3n) is 4.13. The molecule has 1 aliphatic carbocycles. The molecule has 126 valence electrons. The molecule has 1 saturated carbocycles. The van der Waals surface area contributed by atoms with E-state index in [0.29, 0.717) is 12.4 Å². The van der Waals surface area contributed by atoms with E-state index in [4.69, 9.17) is 14.2 Å². The van der Waals surface area contributed by atoms with Crippen LogP contribution in [0, 0.1) is 5.92 Å². The largest absolute Gasteiger partial charge is 0.513 e. The molecule has 2 rings (SSSR count). The molecule has 0 aliphatic heterocycles. The lowest BCUT2D eigenvalue weighted by Crippen LogP contribution is -2.28. The topological polar surface area (TPSA) is 61.8 Å². The molecule has 0 spiro atoms. The van der Waals surface area contributed by atoms with Crippen molar-refractivity contribution in [1.29, 1.82) is 0 Å². The summed E-state index contributed by atoms with van der Waals surface area (Å²) in [7, 11) is 0. The van der Waals surface area contributed by atoms with Crippen molar-refractivity contribution in [1.82, 2.24) is 0 Å². The first kappa shape index (κ1) is 17.3. The van der Waals surface area contributed by atoms with Gasteiger partial charge in [0.15, 0.2) is 0 Å². The Kier molecular flexibility index (Phi) is 6.44. The number of carbonyl (C=O) groups excluding carboxylic acids is 2. The lowest BCUT2D eigenvalue weighted by molar-refractivity contribution is -0.149. The number of para-hydroxylation sites is 1. The van der Waals surface area contributed by atoms with Crippen LogP contribution >= 0.6 is 0 Å². The summed E-state index contributed by atoms with van der Waals surface area (Å²) < 4.78 is 15.4. The van der Waals surface area contributed by atoms with E-state index in [1.807, 2.05) is 19.1 Å². The first-order valence-electron chi connectivity index (χ1n) is 8.27. The summed E-state index contributed by atoms with van der Waals surface area (Å²) in [6, 6.07) is 7.35. The molecule has 5 nitrogen and oxygen atoms in total. The molecule has 1 aromatic carbocycles. The summed E-state index contributed by atoms with van der Waals surface area (Å²) >= 11 is 0. The molecule has 0 aromatic heterocycles. The molecule has 5 heteroatoms. The van der Waals surface area contributed by atoms with Crippen molar-refractivity contribution >= 4 is 12.1 Å². The highest BCUT2D eigenvalue weighted by Gasteiger charge is 2.34. The highest BCUT2D eigenvalue weighted by Crippen LogP contribution is 2.42. The quantitative estimate of drug-likeness (QED) is 0.605. The van der Waals surface area contributed by atoms with Gasteiger partial charge in [-0.05, 0) is 38.3 Å². The standard InChI is InChI=1S/C18H24O5/c1-3-21-17(19)15-11-6-5-9-13(15)14-10-7-8-12-16(14)23-18(20)22-4-2/h7-8,10,12-13,15H,3-6,9,11H2,1-2H3. The minimum atomic E-state index is -0.719. The number of ether oxygens (including phenoxy) is 3. The number of hydrogen-bond donors (Lipinski definition) is 0.